The van der Waals surface area contributed by atoms with Crippen molar-refractivity contribution < 1.29 is 9.53 Å². The Morgan fingerprint density at radius 3 is 2.68 bits per heavy atom. The summed E-state index contributed by atoms with van der Waals surface area (Å²) in [6, 6.07) is 14.1. The number of amides is 1. The first-order valence-corrected chi connectivity index (χ1v) is 11.9. The van der Waals surface area contributed by atoms with Crippen LogP contribution in [0.25, 0.3) is 17.3 Å². The van der Waals surface area contributed by atoms with Gasteiger partial charge in [-0.2, -0.15) is 5.10 Å². The van der Waals surface area contributed by atoms with Crippen LogP contribution in [-0.4, -0.2) is 64.0 Å². The van der Waals surface area contributed by atoms with Crippen LogP contribution in [0, 0.1) is 0 Å². The summed E-state index contributed by atoms with van der Waals surface area (Å²) >= 11 is 0. The lowest BCUT2D eigenvalue weighted by molar-refractivity contribution is -0.116. The molecule has 178 valence electrons. The van der Waals surface area contributed by atoms with Crippen molar-refractivity contribution in [2.75, 3.05) is 26.2 Å². The van der Waals surface area contributed by atoms with Gasteiger partial charge >= 0.3 is 0 Å². The number of pyridine rings is 1. The highest BCUT2D eigenvalue weighted by Gasteiger charge is 2.21. The summed E-state index contributed by atoms with van der Waals surface area (Å²) in [5, 5.41) is 7.77. The zero-order valence-corrected chi connectivity index (χ0v) is 19.9. The highest BCUT2D eigenvalue weighted by molar-refractivity contribution is 5.92. The van der Waals surface area contributed by atoms with Crippen molar-refractivity contribution in [1.29, 1.82) is 0 Å². The Kier molecular flexibility index (Phi) is 8.22. The van der Waals surface area contributed by atoms with Crippen molar-refractivity contribution in [2.24, 2.45) is 0 Å². The molecule has 7 heteroatoms. The minimum atomic E-state index is -0.100. The van der Waals surface area contributed by atoms with Gasteiger partial charge in [-0.1, -0.05) is 30.3 Å². The van der Waals surface area contributed by atoms with Gasteiger partial charge in [0.1, 0.15) is 5.69 Å². The number of nitrogens with zero attached hydrogens (tertiary/aromatic N) is 4. The van der Waals surface area contributed by atoms with Crippen molar-refractivity contribution in [1.82, 2.24) is 25.0 Å². The predicted molar refractivity (Wildman–Crippen MR) is 134 cm³/mol. The van der Waals surface area contributed by atoms with E-state index in [2.05, 4.69) is 41.2 Å². The zero-order chi connectivity index (χ0) is 23.8. The second-order valence-electron chi connectivity index (χ2n) is 8.85. The minimum Gasteiger partial charge on any atom is -0.373 e. The van der Waals surface area contributed by atoms with Crippen molar-refractivity contribution in [3.63, 3.8) is 0 Å². The molecule has 1 amide bonds. The minimum absolute atomic E-state index is 0.100. The van der Waals surface area contributed by atoms with Gasteiger partial charge in [-0.05, 0) is 44.0 Å². The molecule has 1 aliphatic heterocycles. The molecule has 34 heavy (non-hydrogen) atoms. The van der Waals surface area contributed by atoms with E-state index in [4.69, 9.17) is 9.84 Å². The van der Waals surface area contributed by atoms with Gasteiger partial charge in [0.2, 0.25) is 5.91 Å². The van der Waals surface area contributed by atoms with E-state index in [0.29, 0.717) is 13.1 Å². The molecule has 7 nitrogen and oxygen atoms in total. The van der Waals surface area contributed by atoms with Gasteiger partial charge in [-0.15, -0.1) is 0 Å². The van der Waals surface area contributed by atoms with Crippen molar-refractivity contribution in [3.05, 3.63) is 78.3 Å². The number of morpholine rings is 1. The molecule has 0 spiro atoms. The lowest BCUT2D eigenvalue weighted by Gasteiger charge is -2.35. The van der Waals surface area contributed by atoms with E-state index in [1.807, 2.05) is 47.3 Å². The highest BCUT2D eigenvalue weighted by atomic mass is 16.5. The van der Waals surface area contributed by atoms with Crippen LogP contribution < -0.4 is 5.32 Å². The van der Waals surface area contributed by atoms with Crippen LogP contribution in [0.4, 0.5) is 0 Å². The monoisotopic (exact) mass is 459 g/mol. The molecule has 2 aromatic heterocycles. The topological polar surface area (TPSA) is 72.3 Å². The first kappa shape index (κ1) is 23.9. The summed E-state index contributed by atoms with van der Waals surface area (Å²) in [6.45, 7) is 8.37. The second-order valence-corrected chi connectivity index (χ2v) is 8.85. The number of benzene rings is 1. The molecule has 1 aromatic carbocycles. The van der Waals surface area contributed by atoms with Gasteiger partial charge in [-0.25, -0.2) is 0 Å². The lowest BCUT2D eigenvalue weighted by atomic mass is 10.1. The Morgan fingerprint density at radius 1 is 1.15 bits per heavy atom. The van der Waals surface area contributed by atoms with Crippen molar-refractivity contribution >= 4 is 12.0 Å². The fourth-order valence-electron chi connectivity index (χ4n) is 4.34. The molecule has 2 atom stereocenters. The van der Waals surface area contributed by atoms with Crippen LogP contribution in [-0.2, 0) is 16.1 Å². The van der Waals surface area contributed by atoms with Crippen LogP contribution in [0.15, 0.2) is 67.1 Å². The van der Waals surface area contributed by atoms with Gasteiger partial charge in [0, 0.05) is 62.0 Å². The normalized spacial score (nSPS) is 18.9. The Morgan fingerprint density at radius 2 is 1.94 bits per heavy atom. The third-order valence-corrected chi connectivity index (χ3v) is 5.77. The second kappa shape index (κ2) is 11.7. The van der Waals surface area contributed by atoms with E-state index in [1.165, 1.54) is 5.56 Å². The van der Waals surface area contributed by atoms with Crippen molar-refractivity contribution in [2.45, 2.75) is 39.0 Å². The van der Waals surface area contributed by atoms with Gasteiger partial charge in [0.05, 0.1) is 18.8 Å². The van der Waals surface area contributed by atoms with E-state index in [1.54, 1.807) is 18.5 Å². The number of hydrogen-bond acceptors (Lipinski definition) is 5. The standard InChI is InChI=1S/C27H33N5O2/c1-21-17-31(18-22(2)34-21)15-7-14-29-26(33)12-11-25-20-32(19-23-8-4-3-5-9-23)30-27(25)24-10-6-13-28-16-24/h3-6,8-13,16,20-22H,7,14-15,17-19H2,1-2H3,(H,29,33)/b12-11+. The Bertz CT molecular complexity index is 1070. The third-order valence-electron chi connectivity index (χ3n) is 5.77. The van der Waals surface area contributed by atoms with E-state index in [9.17, 15) is 4.79 Å². The van der Waals surface area contributed by atoms with Gasteiger partial charge in [0.15, 0.2) is 0 Å². The smallest absolute Gasteiger partial charge is 0.244 e. The molecule has 3 heterocycles. The Labute approximate surface area is 201 Å². The molecule has 0 radical (unpaired) electrons. The van der Waals surface area contributed by atoms with Crippen LogP contribution in [0.2, 0.25) is 0 Å². The molecule has 0 saturated carbocycles. The summed E-state index contributed by atoms with van der Waals surface area (Å²) < 4.78 is 7.68. The molecule has 0 bridgehead atoms. The number of aromatic nitrogens is 3. The fourth-order valence-corrected chi connectivity index (χ4v) is 4.34. The third kappa shape index (κ3) is 6.85. The fraction of sp³-hybridized carbons (Fsp3) is 0.370. The first-order chi connectivity index (χ1) is 16.6. The van der Waals surface area contributed by atoms with E-state index in [-0.39, 0.29) is 18.1 Å². The number of nitrogens with one attached hydrogen (secondary N) is 1. The summed E-state index contributed by atoms with van der Waals surface area (Å²) in [7, 11) is 0. The number of carbonyl (C=O) groups excluding carboxylic acids is 1. The summed E-state index contributed by atoms with van der Waals surface area (Å²) in [4.78, 5) is 19.1. The summed E-state index contributed by atoms with van der Waals surface area (Å²) in [5.74, 6) is -0.100. The lowest BCUT2D eigenvalue weighted by Crippen LogP contribution is -2.46. The Balaban J connectivity index is 1.35. The average Bonchev–Trinajstić information content (AvgIpc) is 3.23. The molecule has 2 unspecified atom stereocenters. The van der Waals surface area contributed by atoms with E-state index < -0.39 is 0 Å². The number of carbonyl (C=O) groups is 1. The number of ether oxygens (including phenoxy) is 1. The summed E-state index contributed by atoms with van der Waals surface area (Å²) in [6.07, 6.45) is 10.4. The molecule has 4 rings (SSSR count). The molecule has 3 aromatic rings. The molecular formula is C27H33N5O2. The quantitative estimate of drug-likeness (QED) is 0.391. The molecule has 1 saturated heterocycles. The highest BCUT2D eigenvalue weighted by Crippen LogP contribution is 2.23. The van der Waals surface area contributed by atoms with Gasteiger partial charge in [-0.3, -0.25) is 19.4 Å². The average molecular weight is 460 g/mol. The predicted octanol–water partition coefficient (Wildman–Crippen LogP) is 3.62. The van der Waals surface area contributed by atoms with Gasteiger partial charge in [0.25, 0.3) is 0 Å². The number of rotatable bonds is 9. The SMILES string of the molecule is CC1CN(CCCNC(=O)/C=C/c2cn(Cc3ccccc3)nc2-c2cccnc2)CC(C)O1. The maximum atomic E-state index is 12.4. The van der Waals surface area contributed by atoms with Gasteiger partial charge < -0.3 is 10.1 Å². The van der Waals surface area contributed by atoms with Crippen LogP contribution >= 0.6 is 0 Å². The number of hydrogen-bond donors (Lipinski definition) is 1. The first-order valence-electron chi connectivity index (χ1n) is 11.9. The van der Waals surface area contributed by atoms with E-state index in [0.717, 1.165) is 42.9 Å². The summed E-state index contributed by atoms with van der Waals surface area (Å²) in [5.41, 5.74) is 3.78. The van der Waals surface area contributed by atoms with E-state index >= 15 is 0 Å². The van der Waals surface area contributed by atoms with Crippen LogP contribution in [0.1, 0.15) is 31.4 Å². The largest absolute Gasteiger partial charge is 0.373 e. The van der Waals surface area contributed by atoms with Crippen molar-refractivity contribution in [3.8, 4) is 11.3 Å². The molecule has 1 aliphatic rings. The van der Waals surface area contributed by atoms with Crippen LogP contribution in [0.3, 0.4) is 0 Å². The maximum absolute atomic E-state index is 12.4. The molecule has 1 fully saturated rings. The molecular weight excluding hydrogens is 426 g/mol. The van der Waals surface area contributed by atoms with Crippen LogP contribution in [0.5, 0.6) is 0 Å². The zero-order valence-electron chi connectivity index (χ0n) is 19.9. The maximum Gasteiger partial charge on any atom is 0.244 e. The molecule has 1 N–H and O–H groups in total. The molecule has 0 aliphatic carbocycles. The Hall–Kier alpha value is -3.29.